The minimum Gasteiger partial charge on any atom is -0.506 e. The summed E-state index contributed by atoms with van der Waals surface area (Å²) in [7, 11) is 0. The van der Waals surface area contributed by atoms with Crippen LogP contribution in [0.3, 0.4) is 0 Å². The fourth-order valence-electron chi connectivity index (χ4n) is 5.07. The summed E-state index contributed by atoms with van der Waals surface area (Å²) in [6.45, 7) is 14.3. The van der Waals surface area contributed by atoms with Gasteiger partial charge in [-0.3, -0.25) is 14.9 Å². The average Bonchev–Trinajstić information content (AvgIpc) is 3.03. The first-order valence-electron chi connectivity index (χ1n) is 15.6. The predicted octanol–water partition coefficient (Wildman–Crippen LogP) is 9.21. The number of nitrogens with zero attached hydrogens (tertiary/aromatic N) is 1. The van der Waals surface area contributed by atoms with Crippen molar-refractivity contribution < 1.29 is 24.3 Å². The van der Waals surface area contributed by atoms with Gasteiger partial charge in [-0.1, -0.05) is 77.9 Å². The lowest BCUT2D eigenvalue weighted by molar-refractivity contribution is -0.384. The van der Waals surface area contributed by atoms with Crippen molar-refractivity contribution in [2.45, 2.75) is 78.1 Å². The number of nitrogens with one attached hydrogen (secondary N) is 1. The Morgan fingerprint density at radius 2 is 1.58 bits per heavy atom. The lowest BCUT2D eigenvalue weighted by Crippen LogP contribution is -2.25. The Balaban J connectivity index is 1.42. The highest BCUT2D eigenvalue weighted by Crippen LogP contribution is 2.40. The second-order valence-electron chi connectivity index (χ2n) is 12.7. The number of ether oxygens (including phenoxy) is 2. The van der Waals surface area contributed by atoms with Crippen molar-refractivity contribution in [1.29, 1.82) is 0 Å². The van der Waals surface area contributed by atoms with E-state index in [2.05, 4.69) is 65.1 Å². The molecule has 0 bridgehead atoms. The zero-order chi connectivity index (χ0) is 32.8. The van der Waals surface area contributed by atoms with Crippen molar-refractivity contribution in [3.05, 3.63) is 99.6 Å². The third-order valence-corrected chi connectivity index (χ3v) is 8.86. The number of hydrogen-bond donors (Lipinski definition) is 2. The molecule has 4 rings (SSSR count). The Morgan fingerprint density at radius 3 is 2.24 bits per heavy atom. The highest BCUT2D eigenvalue weighted by atomic mass is 16.6. The van der Waals surface area contributed by atoms with Gasteiger partial charge in [0.1, 0.15) is 28.6 Å². The maximum Gasteiger partial charge on any atom is 0.269 e. The number of rotatable bonds is 14. The molecule has 8 heteroatoms. The summed E-state index contributed by atoms with van der Waals surface area (Å²) in [6, 6.07) is 21.0. The summed E-state index contributed by atoms with van der Waals surface area (Å²) in [5, 5.41) is 26.3. The maximum atomic E-state index is 13.4. The van der Waals surface area contributed by atoms with Crippen molar-refractivity contribution in [1.82, 2.24) is 5.32 Å². The van der Waals surface area contributed by atoms with E-state index in [4.69, 9.17) is 9.47 Å². The van der Waals surface area contributed by atoms with E-state index in [9.17, 15) is 20.0 Å². The predicted molar refractivity (Wildman–Crippen MR) is 179 cm³/mol. The van der Waals surface area contributed by atoms with Gasteiger partial charge in [0, 0.05) is 29.6 Å². The van der Waals surface area contributed by atoms with Gasteiger partial charge < -0.3 is 19.9 Å². The normalized spacial score (nSPS) is 11.8. The van der Waals surface area contributed by atoms with Crippen LogP contribution in [0, 0.1) is 10.1 Å². The van der Waals surface area contributed by atoms with Gasteiger partial charge in [-0.05, 0) is 71.7 Å². The molecule has 0 heterocycles. The minimum atomic E-state index is -0.496. The molecule has 1 amide bonds. The molecule has 0 aliphatic rings. The van der Waals surface area contributed by atoms with E-state index in [1.165, 1.54) is 35.4 Å². The van der Waals surface area contributed by atoms with Crippen LogP contribution in [0.4, 0.5) is 5.69 Å². The van der Waals surface area contributed by atoms with Crippen LogP contribution < -0.4 is 14.8 Å². The van der Waals surface area contributed by atoms with E-state index in [0.29, 0.717) is 36.1 Å². The van der Waals surface area contributed by atoms with Crippen molar-refractivity contribution in [2.24, 2.45) is 0 Å². The molecule has 2 N–H and O–H groups in total. The van der Waals surface area contributed by atoms with Crippen LogP contribution in [0.25, 0.3) is 10.8 Å². The summed E-state index contributed by atoms with van der Waals surface area (Å²) < 4.78 is 12.2. The molecule has 45 heavy (non-hydrogen) atoms. The number of fused-ring (bicyclic) bond motifs is 1. The minimum absolute atomic E-state index is 0.00448. The molecule has 238 valence electrons. The van der Waals surface area contributed by atoms with Crippen LogP contribution in [-0.4, -0.2) is 29.1 Å². The summed E-state index contributed by atoms with van der Waals surface area (Å²) >= 11 is 0. The second-order valence-corrected chi connectivity index (χ2v) is 12.7. The zero-order valence-electron chi connectivity index (χ0n) is 27.1. The van der Waals surface area contributed by atoms with E-state index >= 15 is 0 Å². The number of nitro benzene ring substituents is 1. The number of phenolic OH excluding ortho intramolecular Hbond substituents is 1. The van der Waals surface area contributed by atoms with Crippen molar-refractivity contribution in [3.8, 4) is 23.0 Å². The highest BCUT2D eigenvalue weighted by Gasteiger charge is 2.27. The zero-order valence-corrected chi connectivity index (χ0v) is 27.1. The molecule has 0 atom stereocenters. The lowest BCUT2D eigenvalue weighted by Gasteiger charge is -2.30. The van der Waals surface area contributed by atoms with E-state index < -0.39 is 10.8 Å². The van der Waals surface area contributed by atoms with Gasteiger partial charge in [0.15, 0.2) is 0 Å². The van der Waals surface area contributed by atoms with Gasteiger partial charge in [-0.15, -0.1) is 0 Å². The second kappa shape index (κ2) is 14.0. The number of unbranched alkanes of at least 4 members (excludes halogenated alkanes) is 1. The molecule has 4 aromatic carbocycles. The highest BCUT2D eigenvalue weighted by molar-refractivity contribution is 6.06. The Labute approximate surface area is 265 Å². The molecule has 0 radical (unpaired) electrons. The number of nitro groups is 1. The first-order chi connectivity index (χ1) is 21.4. The number of carbonyl (C=O) groups is 1. The number of carbonyl (C=O) groups excluding carboxylic acids is 1. The third kappa shape index (κ3) is 7.74. The summed E-state index contributed by atoms with van der Waals surface area (Å²) in [5.41, 5.74) is 2.51. The van der Waals surface area contributed by atoms with Crippen molar-refractivity contribution >= 4 is 22.4 Å². The molecule has 0 saturated heterocycles. The number of non-ortho nitro benzene ring substituents is 1. The molecule has 0 aromatic heterocycles. The van der Waals surface area contributed by atoms with Gasteiger partial charge in [-0.25, -0.2) is 0 Å². The Hall–Kier alpha value is -4.59. The molecular weight excluding hydrogens is 568 g/mol. The Morgan fingerprint density at radius 1 is 0.889 bits per heavy atom. The fraction of sp³-hybridized carbons (Fsp3) is 0.378. The van der Waals surface area contributed by atoms with Crippen molar-refractivity contribution in [2.75, 3.05) is 13.2 Å². The average molecular weight is 613 g/mol. The van der Waals surface area contributed by atoms with E-state index in [1.54, 1.807) is 18.2 Å². The molecule has 0 fully saturated rings. The van der Waals surface area contributed by atoms with E-state index in [0.717, 1.165) is 25.0 Å². The Kier molecular flexibility index (Phi) is 10.4. The van der Waals surface area contributed by atoms with E-state index in [1.807, 2.05) is 12.1 Å². The number of amides is 1. The first kappa shape index (κ1) is 33.3. The number of aromatic hydroxyl groups is 1. The van der Waals surface area contributed by atoms with Crippen LogP contribution in [0.2, 0.25) is 0 Å². The van der Waals surface area contributed by atoms with Crippen LogP contribution >= 0.6 is 0 Å². The molecule has 0 aliphatic carbocycles. The van der Waals surface area contributed by atoms with Crippen LogP contribution in [-0.2, 0) is 10.8 Å². The number of hydrogen-bond acceptors (Lipinski definition) is 6. The monoisotopic (exact) mass is 612 g/mol. The summed E-state index contributed by atoms with van der Waals surface area (Å²) in [5.74, 6) is 0.694. The molecule has 0 aliphatic heterocycles. The van der Waals surface area contributed by atoms with Gasteiger partial charge in [0.2, 0.25) is 0 Å². The molecule has 0 saturated carbocycles. The Bertz CT molecular complexity index is 1660. The standard InChI is InChI=1S/C37H44N2O6/c1-7-36(3,4)26-15-20-31(30(24-26)37(5,6)8-2)44-22-12-11-21-38-35(41)33-32(23-25-13-9-10-14-29(25)34(33)40)45-28-18-16-27(17-19-28)39(42)43/h9-10,13-20,23-24,40H,7-8,11-12,21-22H2,1-6H3,(H,38,41). The van der Waals surface area contributed by atoms with Crippen LogP contribution in [0.15, 0.2) is 72.8 Å². The smallest absolute Gasteiger partial charge is 0.269 e. The first-order valence-corrected chi connectivity index (χ1v) is 15.6. The largest absolute Gasteiger partial charge is 0.506 e. The molecule has 8 nitrogen and oxygen atoms in total. The molecule has 0 unspecified atom stereocenters. The SMILES string of the molecule is CCC(C)(C)c1ccc(OCCCCNC(=O)c2c(Oc3ccc([N+](=O)[O-])cc3)cc3ccccc3c2O)c(C(C)(C)CC)c1. The van der Waals surface area contributed by atoms with Crippen molar-refractivity contribution in [3.63, 3.8) is 0 Å². The van der Waals surface area contributed by atoms with Crippen LogP contribution in [0.5, 0.6) is 23.0 Å². The lowest BCUT2D eigenvalue weighted by atomic mass is 9.76. The van der Waals surface area contributed by atoms with Gasteiger partial charge >= 0.3 is 0 Å². The van der Waals surface area contributed by atoms with Gasteiger partial charge in [0.25, 0.3) is 11.6 Å². The number of phenols is 1. The third-order valence-electron chi connectivity index (χ3n) is 8.86. The summed E-state index contributed by atoms with van der Waals surface area (Å²) in [6.07, 6.45) is 3.44. The summed E-state index contributed by atoms with van der Waals surface area (Å²) in [4.78, 5) is 23.9. The maximum absolute atomic E-state index is 13.4. The fourth-order valence-corrected chi connectivity index (χ4v) is 5.07. The van der Waals surface area contributed by atoms with Gasteiger partial charge in [0.05, 0.1) is 11.5 Å². The number of benzene rings is 4. The molecule has 4 aromatic rings. The van der Waals surface area contributed by atoms with Gasteiger partial charge in [-0.2, -0.15) is 0 Å². The van der Waals surface area contributed by atoms with E-state index in [-0.39, 0.29) is 33.6 Å². The quantitative estimate of drug-likeness (QED) is 0.0834. The molecule has 0 spiro atoms. The molecular formula is C37H44N2O6. The topological polar surface area (TPSA) is 111 Å². The van der Waals surface area contributed by atoms with Crippen LogP contribution in [0.1, 0.15) is 88.7 Å².